The molecule has 0 aromatic heterocycles. The van der Waals surface area contributed by atoms with Crippen LogP contribution in [0.4, 0.5) is 0 Å². The Hall–Kier alpha value is 1.36. The summed E-state index contributed by atoms with van der Waals surface area (Å²) in [6.07, 6.45) is 0. The van der Waals surface area contributed by atoms with E-state index in [4.69, 9.17) is 14.2 Å². The van der Waals surface area contributed by atoms with E-state index in [0.717, 1.165) is 45.8 Å². The summed E-state index contributed by atoms with van der Waals surface area (Å²) in [5.41, 5.74) is 1.83. The third-order valence-corrected chi connectivity index (χ3v) is 10.2. The van der Waals surface area contributed by atoms with Gasteiger partial charge in [-0.3, -0.25) is 0 Å². The first-order valence-electron chi connectivity index (χ1n) is 10.9. The number of rotatable bonds is 11. The minimum absolute atomic E-state index is 0.0847. The van der Waals surface area contributed by atoms with Gasteiger partial charge in [0.25, 0.3) is 0 Å². The summed E-state index contributed by atoms with van der Waals surface area (Å²) >= 11 is 25.5. The lowest BCUT2D eigenvalue weighted by atomic mass is 9.78. The Morgan fingerprint density at radius 1 is 0.657 bits per heavy atom. The fraction of sp³-hybridized carbons (Fsp3) is 0.520. The van der Waals surface area contributed by atoms with Crippen molar-refractivity contribution < 1.29 is 14.2 Å². The molecule has 0 saturated heterocycles. The Morgan fingerprint density at radius 2 is 1.03 bits per heavy atom. The van der Waals surface area contributed by atoms with Gasteiger partial charge >= 0.3 is 0 Å². The predicted octanol–water partition coefficient (Wildman–Crippen LogP) is 10.6. The highest BCUT2D eigenvalue weighted by Gasteiger charge is 2.28. The van der Waals surface area contributed by atoms with Crippen molar-refractivity contribution in [1.82, 2.24) is 0 Å². The van der Waals surface area contributed by atoms with Crippen LogP contribution in [-0.2, 0) is 10.2 Å². The van der Waals surface area contributed by atoms with Crippen LogP contribution in [-0.4, -0.2) is 40.4 Å². The van der Waals surface area contributed by atoms with Crippen molar-refractivity contribution >= 4 is 112 Å². The minimum Gasteiger partial charge on any atom is -0.490 e. The molecule has 2 aromatic carbocycles. The van der Waals surface area contributed by atoms with Gasteiger partial charge in [0.15, 0.2) is 0 Å². The minimum atomic E-state index is -0.278. The molecule has 2 rings (SSSR count). The van der Waals surface area contributed by atoms with Gasteiger partial charge in [-0.05, 0) is 120 Å². The van der Waals surface area contributed by atoms with Crippen molar-refractivity contribution in [2.45, 2.75) is 55.3 Å². The second-order valence-electron chi connectivity index (χ2n) is 9.56. The number of benzene rings is 2. The smallest absolute Gasteiger partial charge is 0.147 e. The third-order valence-electron chi connectivity index (χ3n) is 5.12. The lowest BCUT2D eigenvalue weighted by molar-refractivity contribution is -0.00464. The highest BCUT2D eigenvalue weighted by Crippen LogP contribution is 2.44. The van der Waals surface area contributed by atoms with E-state index in [-0.39, 0.29) is 20.7 Å². The molecule has 35 heavy (non-hydrogen) atoms. The highest BCUT2D eigenvalue weighted by molar-refractivity contribution is 9.12. The topological polar surface area (TPSA) is 27.7 Å². The molecular formula is C25H29Br7O3. The molecule has 2 atom stereocenters. The summed E-state index contributed by atoms with van der Waals surface area (Å²) in [7, 11) is 0. The van der Waals surface area contributed by atoms with Gasteiger partial charge in [0.05, 0.1) is 39.8 Å². The van der Waals surface area contributed by atoms with Crippen molar-refractivity contribution in [3.05, 3.63) is 53.3 Å². The van der Waals surface area contributed by atoms with Crippen LogP contribution in [0.2, 0.25) is 0 Å². The van der Waals surface area contributed by atoms with Gasteiger partial charge in [-0.1, -0.05) is 61.6 Å². The first-order chi connectivity index (χ1) is 16.2. The Labute approximate surface area is 268 Å². The van der Waals surface area contributed by atoms with Crippen molar-refractivity contribution in [3.8, 4) is 11.5 Å². The molecular weight excluding hydrogens is 908 g/mol. The van der Waals surface area contributed by atoms with Crippen LogP contribution in [0, 0.1) is 0 Å². The van der Waals surface area contributed by atoms with E-state index in [9.17, 15) is 0 Å². The molecule has 2 unspecified atom stereocenters. The molecule has 0 radical (unpaired) electrons. The largest absolute Gasteiger partial charge is 0.490 e. The quantitative estimate of drug-likeness (QED) is 0.210. The Balaban J connectivity index is 2.23. The molecule has 0 aliphatic carbocycles. The van der Waals surface area contributed by atoms with E-state index < -0.39 is 0 Å². The number of ether oxygens (including phenoxy) is 3. The molecule has 0 heterocycles. The molecule has 0 N–H and O–H groups in total. The van der Waals surface area contributed by atoms with Crippen LogP contribution in [0.1, 0.15) is 45.7 Å². The third kappa shape index (κ3) is 9.80. The molecule has 3 nitrogen and oxygen atoms in total. The number of hydrogen-bond acceptors (Lipinski definition) is 3. The second-order valence-corrected chi connectivity index (χ2v) is 16.2. The van der Waals surface area contributed by atoms with Gasteiger partial charge in [-0.2, -0.15) is 0 Å². The average molecular weight is 937 g/mol. The van der Waals surface area contributed by atoms with E-state index in [0.29, 0.717) is 19.8 Å². The second kappa shape index (κ2) is 14.1. The molecule has 2 aromatic rings. The van der Waals surface area contributed by atoms with E-state index in [1.54, 1.807) is 0 Å². The zero-order valence-corrected chi connectivity index (χ0v) is 31.3. The summed E-state index contributed by atoms with van der Waals surface area (Å²) in [6, 6.07) is 8.47. The van der Waals surface area contributed by atoms with Gasteiger partial charge in [0, 0.05) is 10.7 Å². The number of hydrogen-bond donors (Lipinski definition) is 0. The van der Waals surface area contributed by atoms with Gasteiger partial charge in [-0.15, -0.1) is 0 Å². The van der Waals surface area contributed by atoms with Crippen molar-refractivity contribution in [3.63, 3.8) is 0 Å². The van der Waals surface area contributed by atoms with Gasteiger partial charge < -0.3 is 14.2 Å². The maximum Gasteiger partial charge on any atom is 0.147 e. The standard InChI is InChI=1S/C25H29Br7O3/c1-24(2,3)35-13-17(28)12-34-23-20(31)8-15(9-21(23)32)25(4,5)14-6-18(29)22(19(30)7-14)33-11-16(27)10-26/h6-9,16-17H,10-13H2,1-5H3. The van der Waals surface area contributed by atoms with Crippen LogP contribution in [0.15, 0.2) is 42.2 Å². The first kappa shape index (κ1) is 32.6. The summed E-state index contributed by atoms with van der Waals surface area (Å²) in [5, 5.41) is 0.817. The summed E-state index contributed by atoms with van der Waals surface area (Å²) in [6.45, 7) is 12.2. The van der Waals surface area contributed by atoms with Crippen LogP contribution >= 0.6 is 112 Å². The SMILES string of the molecule is CC(C)(C)OCC(Br)COc1c(Br)cc(C(C)(C)c2cc(Br)c(OCC(Br)CBr)c(Br)c2)cc1Br. The zero-order chi connectivity index (χ0) is 26.6. The van der Waals surface area contributed by atoms with Crippen LogP contribution in [0.3, 0.4) is 0 Å². The van der Waals surface area contributed by atoms with Crippen molar-refractivity contribution in [2.24, 2.45) is 0 Å². The first-order valence-corrected chi connectivity index (χ1v) is 17.0. The van der Waals surface area contributed by atoms with Gasteiger partial charge in [-0.25, -0.2) is 0 Å². The van der Waals surface area contributed by atoms with Crippen molar-refractivity contribution in [1.29, 1.82) is 0 Å². The van der Waals surface area contributed by atoms with Gasteiger partial charge in [0.2, 0.25) is 0 Å². The average Bonchev–Trinajstić information content (AvgIpc) is 2.75. The number of alkyl halides is 3. The maximum atomic E-state index is 6.12. The fourth-order valence-electron chi connectivity index (χ4n) is 3.06. The molecule has 0 amide bonds. The summed E-state index contributed by atoms with van der Waals surface area (Å²) in [4.78, 5) is 0.320. The molecule has 0 fully saturated rings. The highest BCUT2D eigenvalue weighted by atomic mass is 79.9. The van der Waals surface area contributed by atoms with E-state index >= 15 is 0 Å². The summed E-state index contributed by atoms with van der Waals surface area (Å²) in [5.74, 6) is 1.56. The number of halogens is 7. The summed E-state index contributed by atoms with van der Waals surface area (Å²) < 4.78 is 21.6. The van der Waals surface area contributed by atoms with Crippen LogP contribution in [0.5, 0.6) is 11.5 Å². The molecule has 0 bridgehead atoms. The normalized spacial score (nSPS) is 14.1. The Kier molecular flexibility index (Phi) is 13.1. The Bertz CT molecular complexity index is 959. The van der Waals surface area contributed by atoms with Gasteiger partial charge in [0.1, 0.15) is 24.7 Å². The van der Waals surface area contributed by atoms with E-state index in [1.807, 2.05) is 20.8 Å². The zero-order valence-electron chi connectivity index (χ0n) is 20.2. The fourth-order valence-corrected chi connectivity index (χ4v) is 6.48. The lowest BCUT2D eigenvalue weighted by Gasteiger charge is -2.28. The monoisotopic (exact) mass is 930 g/mol. The van der Waals surface area contributed by atoms with Crippen LogP contribution < -0.4 is 9.47 Å². The lowest BCUT2D eigenvalue weighted by Crippen LogP contribution is -2.26. The predicted molar refractivity (Wildman–Crippen MR) is 172 cm³/mol. The van der Waals surface area contributed by atoms with E-state index in [1.165, 1.54) is 0 Å². The molecule has 0 aliphatic rings. The maximum absolute atomic E-state index is 6.12. The molecule has 0 aliphatic heterocycles. The molecule has 0 spiro atoms. The molecule has 10 heteroatoms. The molecule has 0 saturated carbocycles. The van der Waals surface area contributed by atoms with Crippen LogP contribution in [0.25, 0.3) is 0 Å². The van der Waals surface area contributed by atoms with E-state index in [2.05, 4.69) is 150 Å². The Morgan fingerprint density at radius 3 is 1.37 bits per heavy atom. The molecule has 196 valence electrons. The van der Waals surface area contributed by atoms with Crippen molar-refractivity contribution in [2.75, 3.05) is 25.2 Å².